The second-order valence-electron chi connectivity index (χ2n) is 3.80. The SMILES string of the molecule is Cc1cccc(Oc2ccc(C#N)cn2)c1C. The molecule has 2 aromatic rings. The number of pyridine rings is 1. The van der Waals surface area contributed by atoms with Crippen LogP contribution in [0.25, 0.3) is 0 Å². The van der Waals surface area contributed by atoms with E-state index in [0.717, 1.165) is 11.3 Å². The Labute approximate surface area is 100 Å². The number of nitrogens with zero attached hydrogens (tertiary/aromatic N) is 2. The quantitative estimate of drug-likeness (QED) is 0.785. The first-order valence-electron chi connectivity index (χ1n) is 5.31. The lowest BCUT2D eigenvalue weighted by Gasteiger charge is -2.09. The number of nitriles is 1. The van der Waals surface area contributed by atoms with E-state index in [1.165, 1.54) is 11.8 Å². The van der Waals surface area contributed by atoms with Gasteiger partial charge in [-0.1, -0.05) is 12.1 Å². The number of aryl methyl sites for hydroxylation is 1. The Morgan fingerprint density at radius 2 is 2.00 bits per heavy atom. The fourth-order valence-electron chi connectivity index (χ4n) is 1.45. The van der Waals surface area contributed by atoms with Crippen LogP contribution in [0.2, 0.25) is 0 Å². The molecule has 1 aromatic carbocycles. The number of hydrogen-bond donors (Lipinski definition) is 0. The summed E-state index contributed by atoms with van der Waals surface area (Å²) in [6, 6.07) is 11.3. The average Bonchev–Trinajstić information content (AvgIpc) is 2.36. The number of benzene rings is 1. The third-order valence-corrected chi connectivity index (χ3v) is 2.63. The Balaban J connectivity index is 2.26. The first kappa shape index (κ1) is 11.2. The van der Waals surface area contributed by atoms with Crippen LogP contribution < -0.4 is 4.74 Å². The molecule has 0 saturated carbocycles. The smallest absolute Gasteiger partial charge is 0.219 e. The Bertz CT molecular complexity index is 568. The van der Waals surface area contributed by atoms with Gasteiger partial charge in [0.1, 0.15) is 11.8 Å². The number of aromatic nitrogens is 1. The van der Waals surface area contributed by atoms with Gasteiger partial charge in [-0.2, -0.15) is 5.26 Å². The third-order valence-electron chi connectivity index (χ3n) is 2.63. The zero-order chi connectivity index (χ0) is 12.3. The van der Waals surface area contributed by atoms with Crippen LogP contribution in [0.3, 0.4) is 0 Å². The number of hydrogen-bond acceptors (Lipinski definition) is 3. The van der Waals surface area contributed by atoms with Gasteiger partial charge in [-0.05, 0) is 37.1 Å². The van der Waals surface area contributed by atoms with Gasteiger partial charge in [-0.3, -0.25) is 0 Å². The van der Waals surface area contributed by atoms with Crippen LogP contribution >= 0.6 is 0 Å². The molecule has 3 nitrogen and oxygen atoms in total. The lowest BCUT2D eigenvalue weighted by atomic mass is 10.1. The molecule has 0 amide bonds. The molecule has 1 aromatic heterocycles. The molecule has 17 heavy (non-hydrogen) atoms. The molecule has 0 saturated heterocycles. The van der Waals surface area contributed by atoms with Crippen molar-refractivity contribution in [3.05, 3.63) is 53.2 Å². The van der Waals surface area contributed by atoms with Crippen molar-refractivity contribution in [2.45, 2.75) is 13.8 Å². The monoisotopic (exact) mass is 224 g/mol. The molecule has 1 heterocycles. The normalized spacial score (nSPS) is 9.71. The third kappa shape index (κ3) is 2.43. The minimum Gasteiger partial charge on any atom is -0.439 e. The van der Waals surface area contributed by atoms with Crippen molar-refractivity contribution < 1.29 is 4.74 Å². The summed E-state index contributed by atoms with van der Waals surface area (Å²) >= 11 is 0. The van der Waals surface area contributed by atoms with Crippen LogP contribution in [0.15, 0.2) is 36.5 Å². The summed E-state index contributed by atoms with van der Waals surface area (Å²) in [5.41, 5.74) is 2.80. The highest BCUT2D eigenvalue weighted by Gasteiger charge is 2.04. The zero-order valence-electron chi connectivity index (χ0n) is 9.77. The molecule has 0 aliphatic carbocycles. The molecule has 0 aliphatic rings. The summed E-state index contributed by atoms with van der Waals surface area (Å²) in [6.07, 6.45) is 1.50. The Morgan fingerprint density at radius 1 is 1.18 bits per heavy atom. The van der Waals surface area contributed by atoms with E-state index in [2.05, 4.69) is 4.98 Å². The van der Waals surface area contributed by atoms with Crippen molar-refractivity contribution in [2.75, 3.05) is 0 Å². The Kier molecular flexibility index (Phi) is 3.06. The maximum Gasteiger partial charge on any atom is 0.219 e. The van der Waals surface area contributed by atoms with E-state index in [1.54, 1.807) is 12.1 Å². The fourth-order valence-corrected chi connectivity index (χ4v) is 1.45. The van der Waals surface area contributed by atoms with Gasteiger partial charge in [0.2, 0.25) is 5.88 Å². The Morgan fingerprint density at radius 3 is 2.65 bits per heavy atom. The maximum atomic E-state index is 8.67. The molecule has 84 valence electrons. The Hall–Kier alpha value is -2.34. The summed E-state index contributed by atoms with van der Waals surface area (Å²) < 4.78 is 5.67. The van der Waals surface area contributed by atoms with E-state index in [9.17, 15) is 0 Å². The molecule has 0 unspecified atom stereocenters. The second-order valence-corrected chi connectivity index (χ2v) is 3.80. The first-order chi connectivity index (χ1) is 8.20. The molecule has 3 heteroatoms. The van der Waals surface area contributed by atoms with Gasteiger partial charge in [0.25, 0.3) is 0 Å². The van der Waals surface area contributed by atoms with Gasteiger partial charge in [0, 0.05) is 12.3 Å². The van der Waals surface area contributed by atoms with E-state index in [-0.39, 0.29) is 0 Å². The molecule has 0 spiro atoms. The molecule has 0 aliphatic heterocycles. The fraction of sp³-hybridized carbons (Fsp3) is 0.143. The summed E-state index contributed by atoms with van der Waals surface area (Å²) in [5.74, 6) is 1.29. The van der Waals surface area contributed by atoms with Crippen molar-refractivity contribution in [1.29, 1.82) is 5.26 Å². The maximum absolute atomic E-state index is 8.67. The van der Waals surface area contributed by atoms with Gasteiger partial charge in [0.05, 0.1) is 5.56 Å². The van der Waals surface area contributed by atoms with Crippen molar-refractivity contribution in [2.24, 2.45) is 0 Å². The highest BCUT2D eigenvalue weighted by molar-refractivity contribution is 5.40. The van der Waals surface area contributed by atoms with Gasteiger partial charge < -0.3 is 4.74 Å². The zero-order valence-corrected chi connectivity index (χ0v) is 9.77. The predicted molar refractivity (Wildman–Crippen MR) is 64.9 cm³/mol. The molecule has 2 rings (SSSR count). The summed E-state index contributed by atoms with van der Waals surface area (Å²) in [5, 5.41) is 8.67. The standard InChI is InChI=1S/C14H12N2O/c1-10-4-3-5-13(11(10)2)17-14-7-6-12(8-15)9-16-14/h3-7,9H,1-2H3. The van der Waals surface area contributed by atoms with E-state index < -0.39 is 0 Å². The number of ether oxygens (including phenoxy) is 1. The highest BCUT2D eigenvalue weighted by Crippen LogP contribution is 2.25. The van der Waals surface area contributed by atoms with E-state index in [1.807, 2.05) is 38.1 Å². The topological polar surface area (TPSA) is 45.9 Å². The molecule has 0 atom stereocenters. The van der Waals surface area contributed by atoms with Crippen LogP contribution in [0, 0.1) is 25.2 Å². The molecule has 0 radical (unpaired) electrons. The van der Waals surface area contributed by atoms with E-state index in [4.69, 9.17) is 10.00 Å². The minimum absolute atomic E-state index is 0.498. The van der Waals surface area contributed by atoms with Gasteiger partial charge in [-0.15, -0.1) is 0 Å². The van der Waals surface area contributed by atoms with Crippen LogP contribution in [0.4, 0.5) is 0 Å². The van der Waals surface area contributed by atoms with Crippen LogP contribution in [0.1, 0.15) is 16.7 Å². The summed E-state index contributed by atoms with van der Waals surface area (Å²) in [7, 11) is 0. The molecule has 0 fully saturated rings. The minimum atomic E-state index is 0.498. The largest absolute Gasteiger partial charge is 0.439 e. The van der Waals surface area contributed by atoms with Crippen LogP contribution in [-0.4, -0.2) is 4.98 Å². The summed E-state index contributed by atoms with van der Waals surface area (Å²) in [4.78, 5) is 4.07. The summed E-state index contributed by atoms with van der Waals surface area (Å²) in [6.45, 7) is 4.04. The van der Waals surface area contributed by atoms with Gasteiger partial charge >= 0.3 is 0 Å². The second kappa shape index (κ2) is 4.67. The highest BCUT2D eigenvalue weighted by atomic mass is 16.5. The van der Waals surface area contributed by atoms with Crippen molar-refractivity contribution >= 4 is 0 Å². The van der Waals surface area contributed by atoms with Crippen LogP contribution in [0.5, 0.6) is 11.6 Å². The van der Waals surface area contributed by atoms with Crippen LogP contribution in [-0.2, 0) is 0 Å². The molecular weight excluding hydrogens is 212 g/mol. The van der Waals surface area contributed by atoms with E-state index >= 15 is 0 Å². The average molecular weight is 224 g/mol. The molecule has 0 bridgehead atoms. The van der Waals surface area contributed by atoms with Gasteiger partial charge in [-0.25, -0.2) is 4.98 Å². The lowest BCUT2D eigenvalue weighted by Crippen LogP contribution is -1.92. The number of rotatable bonds is 2. The predicted octanol–water partition coefficient (Wildman–Crippen LogP) is 3.36. The van der Waals surface area contributed by atoms with E-state index in [0.29, 0.717) is 11.4 Å². The lowest BCUT2D eigenvalue weighted by molar-refractivity contribution is 0.459. The first-order valence-corrected chi connectivity index (χ1v) is 5.31. The van der Waals surface area contributed by atoms with Crippen molar-refractivity contribution in [3.63, 3.8) is 0 Å². The van der Waals surface area contributed by atoms with Crippen molar-refractivity contribution in [1.82, 2.24) is 4.98 Å². The molecular formula is C14H12N2O. The van der Waals surface area contributed by atoms with Crippen molar-refractivity contribution in [3.8, 4) is 17.7 Å². The van der Waals surface area contributed by atoms with Gasteiger partial charge in [0.15, 0.2) is 0 Å². The molecule has 0 N–H and O–H groups in total.